The summed E-state index contributed by atoms with van der Waals surface area (Å²) in [5.41, 5.74) is 2.55. The molecule has 0 spiro atoms. The van der Waals surface area contributed by atoms with Gasteiger partial charge in [-0.3, -0.25) is 4.79 Å². The Hall–Kier alpha value is -4.53. The quantitative estimate of drug-likeness (QED) is 0.428. The van der Waals surface area contributed by atoms with Crippen molar-refractivity contribution in [3.05, 3.63) is 84.1 Å². The highest BCUT2D eigenvalue weighted by Gasteiger charge is 2.15. The highest BCUT2D eigenvalue weighted by molar-refractivity contribution is 6.03. The van der Waals surface area contributed by atoms with E-state index in [1.54, 1.807) is 38.3 Å². The number of anilines is 1. The summed E-state index contributed by atoms with van der Waals surface area (Å²) in [5, 5.41) is 8.17. The molecule has 2 aromatic carbocycles. The summed E-state index contributed by atoms with van der Waals surface area (Å²) < 4.78 is 12.8. The first kappa shape index (κ1) is 20.4. The van der Waals surface area contributed by atoms with Crippen LogP contribution in [0.15, 0.2) is 66.9 Å². The molecule has 0 atom stereocenters. The number of para-hydroxylation sites is 1. The number of aromatic nitrogens is 5. The third-order valence-corrected chi connectivity index (χ3v) is 5.03. The molecule has 33 heavy (non-hydrogen) atoms. The maximum absolute atomic E-state index is 12.9. The summed E-state index contributed by atoms with van der Waals surface area (Å²) in [6.45, 7) is 2.00. The molecule has 5 rings (SSSR count). The molecular weight excluding hydrogens is 420 g/mol. The van der Waals surface area contributed by atoms with Gasteiger partial charge in [0.25, 0.3) is 11.7 Å². The van der Waals surface area contributed by atoms with Crippen LogP contribution >= 0.6 is 0 Å². The van der Waals surface area contributed by atoms with Crippen LogP contribution in [0.5, 0.6) is 11.5 Å². The third-order valence-electron chi connectivity index (χ3n) is 5.03. The number of nitrogens with zero attached hydrogens (tertiary/aromatic N) is 5. The molecular formula is C24H20N6O3. The zero-order chi connectivity index (χ0) is 22.8. The maximum atomic E-state index is 12.9. The Morgan fingerprint density at radius 3 is 2.79 bits per heavy atom. The number of hydrogen-bond donors (Lipinski definition) is 1. The van der Waals surface area contributed by atoms with Crippen LogP contribution in [0, 0.1) is 6.92 Å². The topological polar surface area (TPSA) is 104 Å². The average molecular weight is 440 g/mol. The molecule has 0 radical (unpaired) electrons. The largest absolute Gasteiger partial charge is 0.493 e. The maximum Gasteiger partial charge on any atom is 0.274 e. The smallest absolute Gasteiger partial charge is 0.274 e. The van der Waals surface area contributed by atoms with Gasteiger partial charge in [0, 0.05) is 23.3 Å². The molecule has 3 aromatic heterocycles. The third kappa shape index (κ3) is 4.16. The normalized spacial score (nSPS) is 11.0. The van der Waals surface area contributed by atoms with Crippen molar-refractivity contribution in [3.8, 4) is 11.5 Å². The van der Waals surface area contributed by atoms with E-state index in [-0.39, 0.29) is 12.5 Å². The van der Waals surface area contributed by atoms with E-state index in [1.807, 2.05) is 36.4 Å². The van der Waals surface area contributed by atoms with Crippen molar-refractivity contribution in [1.82, 2.24) is 24.6 Å². The summed E-state index contributed by atoms with van der Waals surface area (Å²) in [4.78, 5) is 25.8. The lowest BCUT2D eigenvalue weighted by atomic mass is 10.2. The van der Waals surface area contributed by atoms with Crippen molar-refractivity contribution < 1.29 is 14.3 Å². The zero-order valence-electron chi connectivity index (χ0n) is 18.0. The number of aryl methyl sites for hydroxylation is 1. The monoisotopic (exact) mass is 440 g/mol. The number of nitrogens with one attached hydrogen (secondary N) is 1. The number of carbonyl (C=O) groups is 1. The van der Waals surface area contributed by atoms with Crippen LogP contribution in [-0.2, 0) is 6.61 Å². The number of methoxy groups -OCH3 is 1. The van der Waals surface area contributed by atoms with Crippen molar-refractivity contribution >= 4 is 28.3 Å². The van der Waals surface area contributed by atoms with Crippen LogP contribution in [0.4, 0.5) is 5.69 Å². The molecule has 3 heterocycles. The molecule has 1 amide bonds. The molecule has 9 nitrogen and oxygen atoms in total. The Balaban J connectivity index is 1.36. The van der Waals surface area contributed by atoms with Crippen LogP contribution in [-0.4, -0.2) is 37.6 Å². The Bertz CT molecular complexity index is 1480. The summed E-state index contributed by atoms with van der Waals surface area (Å²) in [5.74, 6) is 1.58. The van der Waals surface area contributed by atoms with Crippen LogP contribution in [0.3, 0.4) is 0 Å². The Morgan fingerprint density at radius 1 is 1.03 bits per heavy atom. The lowest BCUT2D eigenvalue weighted by Crippen LogP contribution is -2.17. The van der Waals surface area contributed by atoms with Crippen molar-refractivity contribution in [2.24, 2.45) is 0 Å². The molecule has 164 valence electrons. The number of hydrogen-bond acceptors (Lipinski definition) is 7. The zero-order valence-corrected chi connectivity index (χ0v) is 18.0. The summed E-state index contributed by atoms with van der Waals surface area (Å²) in [6, 6.07) is 18.6. The summed E-state index contributed by atoms with van der Waals surface area (Å²) >= 11 is 0. The first-order valence-corrected chi connectivity index (χ1v) is 10.3. The van der Waals surface area contributed by atoms with Gasteiger partial charge in [0.2, 0.25) is 0 Å². The van der Waals surface area contributed by atoms with Crippen molar-refractivity contribution in [2.45, 2.75) is 13.5 Å². The van der Waals surface area contributed by atoms with Crippen molar-refractivity contribution in [2.75, 3.05) is 12.4 Å². The second kappa shape index (κ2) is 8.54. The van der Waals surface area contributed by atoms with Crippen molar-refractivity contribution in [1.29, 1.82) is 0 Å². The fourth-order valence-corrected chi connectivity index (χ4v) is 3.47. The molecule has 0 saturated carbocycles. The number of pyridine rings is 1. The van der Waals surface area contributed by atoms with E-state index in [0.717, 1.165) is 16.6 Å². The number of fused-ring (bicyclic) bond motifs is 2. The first-order chi connectivity index (χ1) is 16.1. The van der Waals surface area contributed by atoms with E-state index in [9.17, 15) is 4.79 Å². The predicted octanol–water partition coefficient (Wildman–Crippen LogP) is 3.82. The van der Waals surface area contributed by atoms with E-state index < -0.39 is 0 Å². The van der Waals surface area contributed by atoms with Gasteiger partial charge in [-0.15, -0.1) is 5.10 Å². The highest BCUT2D eigenvalue weighted by Crippen LogP contribution is 2.31. The van der Waals surface area contributed by atoms with Gasteiger partial charge in [-0.05, 0) is 37.3 Å². The second-order valence-corrected chi connectivity index (χ2v) is 7.30. The van der Waals surface area contributed by atoms with Crippen LogP contribution in [0.25, 0.3) is 16.7 Å². The molecule has 0 unspecified atom stereocenters. The minimum absolute atomic E-state index is 0.252. The number of benzene rings is 2. The number of ether oxygens (including phenoxy) is 2. The Kier molecular flexibility index (Phi) is 5.27. The van der Waals surface area contributed by atoms with Gasteiger partial charge in [0.1, 0.15) is 18.1 Å². The number of carbonyl (C=O) groups excluding carboxylic acids is 1. The molecule has 0 aliphatic carbocycles. The summed E-state index contributed by atoms with van der Waals surface area (Å²) in [6.07, 6.45) is 1.53. The van der Waals surface area contributed by atoms with E-state index in [0.29, 0.717) is 34.5 Å². The SMILES string of the molecule is COc1ccc(NC(=O)c2ccnc3nc(C)nn23)cc1OCc1ccc2ccccc2n1. The van der Waals surface area contributed by atoms with E-state index in [4.69, 9.17) is 9.47 Å². The van der Waals surface area contributed by atoms with E-state index in [1.165, 1.54) is 10.7 Å². The molecule has 0 aliphatic heterocycles. The fourth-order valence-electron chi connectivity index (χ4n) is 3.47. The molecule has 0 fully saturated rings. The minimum Gasteiger partial charge on any atom is -0.493 e. The van der Waals surface area contributed by atoms with Gasteiger partial charge in [-0.2, -0.15) is 9.50 Å². The summed E-state index contributed by atoms with van der Waals surface area (Å²) in [7, 11) is 1.56. The predicted molar refractivity (Wildman–Crippen MR) is 123 cm³/mol. The first-order valence-electron chi connectivity index (χ1n) is 10.3. The molecule has 9 heteroatoms. The molecule has 0 bridgehead atoms. The minimum atomic E-state index is -0.348. The van der Waals surface area contributed by atoms with Gasteiger partial charge < -0.3 is 14.8 Å². The van der Waals surface area contributed by atoms with Gasteiger partial charge in [0.15, 0.2) is 11.5 Å². The standard InChI is InChI=1S/C24H20N6O3/c1-15-26-24-25-12-11-20(30(24)29-15)23(31)28-17-9-10-21(32-2)22(13-17)33-14-18-8-7-16-5-3-4-6-19(16)27-18/h3-13H,14H2,1-2H3,(H,28,31). The van der Waals surface area contributed by atoms with Crippen LogP contribution in [0.1, 0.15) is 22.0 Å². The molecule has 5 aromatic rings. The Morgan fingerprint density at radius 2 is 1.91 bits per heavy atom. The molecule has 0 aliphatic rings. The lowest BCUT2D eigenvalue weighted by molar-refractivity contribution is 0.101. The Labute approximate surface area is 189 Å². The van der Waals surface area contributed by atoms with E-state index in [2.05, 4.69) is 25.4 Å². The van der Waals surface area contributed by atoms with Gasteiger partial charge in [-0.25, -0.2) is 9.97 Å². The second-order valence-electron chi connectivity index (χ2n) is 7.30. The van der Waals surface area contributed by atoms with Gasteiger partial charge >= 0.3 is 0 Å². The van der Waals surface area contributed by atoms with Crippen molar-refractivity contribution in [3.63, 3.8) is 0 Å². The van der Waals surface area contributed by atoms with Crippen LogP contribution in [0.2, 0.25) is 0 Å². The number of amides is 1. The average Bonchev–Trinajstić information content (AvgIpc) is 3.23. The molecule has 1 N–H and O–H groups in total. The molecule has 0 saturated heterocycles. The van der Waals surface area contributed by atoms with Gasteiger partial charge in [-0.1, -0.05) is 24.3 Å². The fraction of sp³-hybridized carbons (Fsp3) is 0.125. The van der Waals surface area contributed by atoms with Gasteiger partial charge in [0.05, 0.1) is 18.3 Å². The van der Waals surface area contributed by atoms with Crippen LogP contribution < -0.4 is 14.8 Å². The van der Waals surface area contributed by atoms with E-state index >= 15 is 0 Å². The lowest BCUT2D eigenvalue weighted by Gasteiger charge is -2.13. The highest BCUT2D eigenvalue weighted by atomic mass is 16.5. The number of rotatable bonds is 6.